The fourth-order valence-electron chi connectivity index (χ4n) is 2.14. The van der Waals surface area contributed by atoms with E-state index in [1.54, 1.807) is 37.3 Å². The maximum Gasteiger partial charge on any atom is 0.435 e. The average molecular weight is 372 g/mol. The lowest BCUT2D eigenvalue weighted by Crippen LogP contribution is -2.33. The highest BCUT2D eigenvalue weighted by Crippen LogP contribution is 2.38. The molecule has 0 bridgehead atoms. The lowest BCUT2D eigenvalue weighted by atomic mass is 10.2. The summed E-state index contributed by atoms with van der Waals surface area (Å²) >= 11 is 0.656. The van der Waals surface area contributed by atoms with Gasteiger partial charge >= 0.3 is 12.1 Å². The van der Waals surface area contributed by atoms with Crippen LogP contribution in [0.5, 0.6) is 0 Å². The van der Waals surface area contributed by atoms with E-state index in [2.05, 4.69) is 4.98 Å². The number of carboxylic acid groups (broad SMARTS) is 1. The molecule has 0 saturated carbocycles. The summed E-state index contributed by atoms with van der Waals surface area (Å²) in [5.41, 5.74) is -0.763. The van der Waals surface area contributed by atoms with E-state index in [0.717, 1.165) is 4.90 Å². The molecule has 0 spiro atoms. The van der Waals surface area contributed by atoms with E-state index in [1.165, 1.54) is 0 Å². The molecule has 1 N–H and O–H groups in total. The summed E-state index contributed by atoms with van der Waals surface area (Å²) in [5, 5.41) is 8.81. The van der Waals surface area contributed by atoms with Gasteiger partial charge in [0, 0.05) is 18.7 Å². The van der Waals surface area contributed by atoms with Crippen LogP contribution in [0.3, 0.4) is 0 Å². The van der Waals surface area contributed by atoms with Crippen molar-refractivity contribution in [2.75, 3.05) is 13.1 Å². The first-order chi connectivity index (χ1) is 11.7. The standard InChI is InChI=1S/C16H15F3N2O3S/c1-2-21(9-8-11(22)23)15(24)12-13(16(17,18)19)20-14(25-12)10-6-4-3-5-7-10/h3-7H,2,8-9H2,1H3,(H,22,23). The number of hydrogen-bond acceptors (Lipinski definition) is 4. The highest BCUT2D eigenvalue weighted by Gasteiger charge is 2.40. The van der Waals surface area contributed by atoms with Crippen LogP contribution < -0.4 is 0 Å². The third-order valence-electron chi connectivity index (χ3n) is 3.38. The number of aromatic nitrogens is 1. The predicted molar refractivity (Wildman–Crippen MR) is 86.4 cm³/mol. The maximum absolute atomic E-state index is 13.3. The van der Waals surface area contributed by atoms with Gasteiger partial charge in [-0.25, -0.2) is 4.98 Å². The van der Waals surface area contributed by atoms with Gasteiger partial charge in [-0.05, 0) is 6.92 Å². The Morgan fingerprint density at radius 3 is 2.40 bits per heavy atom. The van der Waals surface area contributed by atoms with Crippen LogP contribution in [-0.2, 0) is 11.0 Å². The van der Waals surface area contributed by atoms with Gasteiger partial charge in [0.2, 0.25) is 0 Å². The Labute approximate surface area is 145 Å². The number of carboxylic acids is 1. The zero-order valence-corrected chi connectivity index (χ0v) is 14.0. The van der Waals surface area contributed by atoms with Crippen LogP contribution in [0.2, 0.25) is 0 Å². The Hall–Kier alpha value is -2.42. The van der Waals surface area contributed by atoms with Crippen molar-refractivity contribution in [1.82, 2.24) is 9.88 Å². The van der Waals surface area contributed by atoms with Gasteiger partial charge in [-0.3, -0.25) is 9.59 Å². The van der Waals surface area contributed by atoms with Crippen molar-refractivity contribution < 1.29 is 27.9 Å². The fourth-order valence-corrected chi connectivity index (χ4v) is 3.20. The van der Waals surface area contributed by atoms with E-state index in [4.69, 9.17) is 5.11 Å². The molecule has 0 aliphatic rings. The van der Waals surface area contributed by atoms with E-state index >= 15 is 0 Å². The second-order valence-electron chi connectivity index (χ2n) is 5.09. The minimum Gasteiger partial charge on any atom is -0.481 e. The smallest absolute Gasteiger partial charge is 0.435 e. The van der Waals surface area contributed by atoms with Crippen LogP contribution in [-0.4, -0.2) is 40.0 Å². The third kappa shape index (κ3) is 4.56. The molecule has 5 nitrogen and oxygen atoms in total. The topological polar surface area (TPSA) is 70.5 Å². The molecule has 1 aromatic heterocycles. The van der Waals surface area contributed by atoms with Crippen molar-refractivity contribution in [3.05, 3.63) is 40.9 Å². The SMILES string of the molecule is CCN(CCC(=O)O)C(=O)c1sc(-c2ccccc2)nc1C(F)(F)F. The van der Waals surface area contributed by atoms with Gasteiger partial charge in [0.15, 0.2) is 5.69 Å². The number of amides is 1. The zero-order chi connectivity index (χ0) is 18.6. The minimum atomic E-state index is -4.78. The van der Waals surface area contributed by atoms with Crippen molar-refractivity contribution >= 4 is 23.2 Å². The van der Waals surface area contributed by atoms with Crippen molar-refractivity contribution in [2.24, 2.45) is 0 Å². The van der Waals surface area contributed by atoms with Crippen molar-refractivity contribution in [3.8, 4) is 10.6 Å². The largest absolute Gasteiger partial charge is 0.481 e. The monoisotopic (exact) mass is 372 g/mol. The lowest BCUT2D eigenvalue weighted by molar-refractivity contribution is -0.141. The van der Waals surface area contributed by atoms with Gasteiger partial charge in [-0.2, -0.15) is 13.2 Å². The normalized spacial score (nSPS) is 11.4. The molecule has 0 atom stereocenters. The second-order valence-corrected chi connectivity index (χ2v) is 6.09. The molecule has 9 heteroatoms. The van der Waals surface area contributed by atoms with E-state index in [0.29, 0.717) is 16.9 Å². The third-order valence-corrected chi connectivity index (χ3v) is 4.47. The van der Waals surface area contributed by atoms with Crippen molar-refractivity contribution in [1.29, 1.82) is 0 Å². The Morgan fingerprint density at radius 1 is 1.24 bits per heavy atom. The first-order valence-electron chi connectivity index (χ1n) is 7.38. The summed E-state index contributed by atoms with van der Waals surface area (Å²) in [6.07, 6.45) is -5.12. The summed E-state index contributed by atoms with van der Waals surface area (Å²) in [6.45, 7) is 1.51. The zero-order valence-electron chi connectivity index (χ0n) is 13.2. The molecule has 1 amide bonds. The Bertz CT molecular complexity index is 760. The van der Waals surface area contributed by atoms with E-state index < -0.39 is 28.6 Å². The maximum atomic E-state index is 13.3. The number of alkyl halides is 3. The number of hydrogen-bond donors (Lipinski definition) is 1. The predicted octanol–water partition coefficient (Wildman–Crippen LogP) is 3.77. The number of rotatable bonds is 6. The highest BCUT2D eigenvalue weighted by atomic mass is 32.1. The molecule has 0 unspecified atom stereocenters. The minimum absolute atomic E-state index is 0.0885. The van der Waals surface area contributed by atoms with E-state index in [9.17, 15) is 22.8 Å². The molecule has 25 heavy (non-hydrogen) atoms. The summed E-state index contributed by atoms with van der Waals surface area (Å²) in [4.78, 5) is 27.3. The number of halogens is 3. The van der Waals surface area contributed by atoms with E-state index in [-0.39, 0.29) is 24.5 Å². The lowest BCUT2D eigenvalue weighted by Gasteiger charge is -2.19. The highest BCUT2D eigenvalue weighted by molar-refractivity contribution is 7.17. The second kappa shape index (κ2) is 7.64. The van der Waals surface area contributed by atoms with Gasteiger partial charge in [0.25, 0.3) is 5.91 Å². The van der Waals surface area contributed by atoms with Gasteiger partial charge in [0.05, 0.1) is 6.42 Å². The van der Waals surface area contributed by atoms with Crippen LogP contribution in [0, 0.1) is 0 Å². The molecule has 1 heterocycles. The molecule has 2 rings (SSSR count). The number of benzene rings is 1. The number of carbonyl (C=O) groups is 2. The molecule has 2 aromatic rings. The van der Waals surface area contributed by atoms with E-state index in [1.807, 2.05) is 0 Å². The van der Waals surface area contributed by atoms with Gasteiger partial charge in [0.1, 0.15) is 9.88 Å². The molecule has 0 radical (unpaired) electrons. The Kier molecular flexibility index (Phi) is 5.78. The molecule has 134 valence electrons. The molecule has 1 aromatic carbocycles. The number of carbonyl (C=O) groups excluding carboxylic acids is 1. The number of nitrogens with zero attached hydrogens (tertiary/aromatic N) is 2. The Balaban J connectivity index is 2.42. The summed E-state index contributed by atoms with van der Waals surface area (Å²) in [5.74, 6) is -1.99. The van der Waals surface area contributed by atoms with Crippen LogP contribution in [0.4, 0.5) is 13.2 Å². The van der Waals surface area contributed by atoms with Gasteiger partial charge in [-0.1, -0.05) is 30.3 Å². The molecular weight excluding hydrogens is 357 g/mol. The van der Waals surface area contributed by atoms with Crippen LogP contribution in [0.1, 0.15) is 28.7 Å². The van der Waals surface area contributed by atoms with Crippen molar-refractivity contribution in [3.63, 3.8) is 0 Å². The molecule has 0 aliphatic heterocycles. The quantitative estimate of drug-likeness (QED) is 0.838. The molecule has 0 fully saturated rings. The van der Waals surface area contributed by atoms with Gasteiger partial charge < -0.3 is 10.0 Å². The first kappa shape index (κ1) is 18.9. The molecule has 0 saturated heterocycles. The average Bonchev–Trinajstić information content (AvgIpc) is 3.01. The summed E-state index contributed by atoms with van der Waals surface area (Å²) in [7, 11) is 0. The van der Waals surface area contributed by atoms with Crippen LogP contribution >= 0.6 is 11.3 Å². The number of aliphatic carboxylic acids is 1. The van der Waals surface area contributed by atoms with Gasteiger partial charge in [-0.15, -0.1) is 11.3 Å². The summed E-state index contributed by atoms with van der Waals surface area (Å²) < 4.78 is 39.9. The van der Waals surface area contributed by atoms with Crippen LogP contribution in [0.25, 0.3) is 10.6 Å². The molecule has 0 aliphatic carbocycles. The molecular formula is C16H15F3N2O3S. The summed E-state index contributed by atoms with van der Waals surface area (Å²) in [6, 6.07) is 8.26. The Morgan fingerprint density at radius 2 is 1.88 bits per heavy atom. The first-order valence-corrected chi connectivity index (χ1v) is 8.20. The van der Waals surface area contributed by atoms with Crippen LogP contribution in [0.15, 0.2) is 30.3 Å². The number of thiazole rings is 1. The van der Waals surface area contributed by atoms with Crippen molar-refractivity contribution in [2.45, 2.75) is 19.5 Å². The fraction of sp³-hybridized carbons (Fsp3) is 0.312.